The summed E-state index contributed by atoms with van der Waals surface area (Å²) in [5.41, 5.74) is 4.08. The SMILES string of the molecule is C=NN/C(COc1ccc(F)c(-c2ccc(CN3C(=O)C4(CCCCC4)N=C3CCCC)cc2)c1)=N\N. The molecule has 196 valence electrons. The molecule has 0 radical (unpaired) electrons. The van der Waals surface area contributed by atoms with Gasteiger partial charge in [0.25, 0.3) is 5.91 Å². The maximum absolute atomic E-state index is 14.7. The number of carbonyl (C=O) groups excluding carboxylic acids is 1. The predicted molar refractivity (Wildman–Crippen MR) is 145 cm³/mol. The Morgan fingerprint density at radius 1 is 1.22 bits per heavy atom. The zero-order chi connectivity index (χ0) is 26.3. The molecule has 0 aromatic heterocycles. The van der Waals surface area contributed by atoms with E-state index in [-0.39, 0.29) is 18.3 Å². The number of nitrogens with one attached hydrogen (secondary N) is 1. The van der Waals surface area contributed by atoms with Gasteiger partial charge >= 0.3 is 0 Å². The van der Waals surface area contributed by atoms with Crippen LogP contribution < -0.4 is 16.0 Å². The molecule has 4 rings (SSSR count). The van der Waals surface area contributed by atoms with Crippen molar-refractivity contribution >= 4 is 24.3 Å². The van der Waals surface area contributed by atoms with E-state index in [2.05, 4.69) is 29.3 Å². The van der Waals surface area contributed by atoms with Crippen molar-refractivity contribution in [2.75, 3.05) is 6.61 Å². The molecule has 9 heteroatoms. The summed E-state index contributed by atoms with van der Waals surface area (Å²) in [5.74, 6) is 6.73. The van der Waals surface area contributed by atoms with Crippen LogP contribution in [0.25, 0.3) is 11.1 Å². The lowest BCUT2D eigenvalue weighted by Gasteiger charge is -2.29. The maximum atomic E-state index is 14.7. The summed E-state index contributed by atoms with van der Waals surface area (Å²) in [6.07, 6.45) is 7.83. The molecule has 2 aromatic rings. The van der Waals surface area contributed by atoms with Crippen LogP contribution in [0.4, 0.5) is 4.39 Å². The number of nitrogens with zero attached hydrogens (tertiary/aromatic N) is 4. The first-order valence-electron chi connectivity index (χ1n) is 12.9. The number of ether oxygens (including phenoxy) is 1. The Bertz CT molecular complexity index is 1170. The quantitative estimate of drug-likeness (QED) is 0.205. The molecular formula is C28H35FN6O2. The number of unbranched alkanes of at least 4 members (excludes halogenated alkanes) is 1. The second-order valence-electron chi connectivity index (χ2n) is 9.59. The van der Waals surface area contributed by atoms with E-state index in [4.69, 9.17) is 15.6 Å². The maximum Gasteiger partial charge on any atom is 0.256 e. The molecule has 1 heterocycles. The molecular weight excluding hydrogens is 471 g/mol. The fourth-order valence-corrected chi connectivity index (χ4v) is 5.00. The van der Waals surface area contributed by atoms with Gasteiger partial charge in [0.1, 0.15) is 29.5 Å². The Kier molecular flexibility index (Phi) is 8.53. The molecule has 2 aliphatic rings. The third kappa shape index (κ3) is 5.98. The summed E-state index contributed by atoms with van der Waals surface area (Å²) < 4.78 is 20.4. The van der Waals surface area contributed by atoms with E-state index in [1.165, 1.54) is 12.5 Å². The summed E-state index contributed by atoms with van der Waals surface area (Å²) in [7, 11) is 0. The van der Waals surface area contributed by atoms with Gasteiger partial charge in [-0.1, -0.05) is 56.9 Å². The summed E-state index contributed by atoms with van der Waals surface area (Å²) in [5, 5.41) is 7.04. The highest BCUT2D eigenvalue weighted by molar-refractivity contribution is 6.08. The van der Waals surface area contributed by atoms with Gasteiger partial charge in [0.05, 0.1) is 6.54 Å². The lowest BCUT2D eigenvalue weighted by atomic mass is 9.82. The topological polar surface area (TPSA) is 105 Å². The minimum absolute atomic E-state index is 0.0345. The minimum Gasteiger partial charge on any atom is -0.486 e. The minimum atomic E-state index is -0.559. The molecule has 2 aromatic carbocycles. The molecule has 1 saturated carbocycles. The van der Waals surface area contributed by atoms with Crippen molar-refractivity contribution in [2.24, 2.45) is 21.0 Å². The molecule has 0 saturated heterocycles. The van der Waals surface area contributed by atoms with Gasteiger partial charge in [0, 0.05) is 18.7 Å². The average molecular weight is 507 g/mol. The number of halogens is 1. The van der Waals surface area contributed by atoms with Crippen LogP contribution in [0, 0.1) is 5.82 Å². The van der Waals surface area contributed by atoms with Gasteiger partial charge in [0.2, 0.25) is 0 Å². The van der Waals surface area contributed by atoms with E-state index in [1.807, 2.05) is 29.2 Å². The fraction of sp³-hybridized carbons (Fsp3) is 0.429. The number of aliphatic imine (C=N–C) groups is 1. The van der Waals surface area contributed by atoms with Crippen molar-refractivity contribution in [3.8, 4) is 16.9 Å². The Morgan fingerprint density at radius 2 is 1.97 bits per heavy atom. The van der Waals surface area contributed by atoms with Gasteiger partial charge in [-0.15, -0.1) is 0 Å². The van der Waals surface area contributed by atoms with Gasteiger partial charge in [-0.3, -0.25) is 20.1 Å². The molecule has 0 unspecified atom stereocenters. The van der Waals surface area contributed by atoms with Crippen LogP contribution in [0.15, 0.2) is 57.7 Å². The van der Waals surface area contributed by atoms with Crippen LogP contribution in [0.3, 0.4) is 0 Å². The van der Waals surface area contributed by atoms with Gasteiger partial charge in [-0.2, -0.15) is 10.2 Å². The van der Waals surface area contributed by atoms with E-state index in [0.29, 0.717) is 29.3 Å². The zero-order valence-electron chi connectivity index (χ0n) is 21.4. The molecule has 1 fully saturated rings. The number of amides is 1. The standard InChI is InChI=1S/C28H35FN6O2/c1-3-4-8-26-32-28(15-6-5-7-16-28)27(36)35(26)18-20-9-11-21(12-10-20)23-17-22(13-14-24(23)29)37-19-25(33-30)34-31-2/h9-14,17H,2-8,15-16,18-19,30H2,1H3,(H,33,34). The number of hydrazone groups is 2. The second-order valence-corrected chi connectivity index (χ2v) is 9.59. The van der Waals surface area contributed by atoms with Crippen molar-refractivity contribution < 1.29 is 13.9 Å². The van der Waals surface area contributed by atoms with Gasteiger partial charge in [0.15, 0.2) is 5.84 Å². The molecule has 0 bridgehead atoms. The van der Waals surface area contributed by atoms with Crippen molar-refractivity contribution in [3.05, 3.63) is 53.8 Å². The first-order chi connectivity index (χ1) is 18.0. The highest BCUT2D eigenvalue weighted by atomic mass is 19.1. The summed E-state index contributed by atoms with van der Waals surface area (Å²) in [6.45, 7) is 5.98. The summed E-state index contributed by atoms with van der Waals surface area (Å²) in [4.78, 5) is 20.4. The first kappa shape index (κ1) is 26.3. The number of hydrogen-bond acceptors (Lipinski definition) is 6. The predicted octanol–water partition coefficient (Wildman–Crippen LogP) is 4.98. The Balaban J connectivity index is 1.49. The molecule has 37 heavy (non-hydrogen) atoms. The summed E-state index contributed by atoms with van der Waals surface area (Å²) >= 11 is 0. The van der Waals surface area contributed by atoms with Crippen LogP contribution in [-0.4, -0.2) is 41.3 Å². The van der Waals surface area contributed by atoms with Crippen molar-refractivity contribution in [2.45, 2.75) is 70.4 Å². The van der Waals surface area contributed by atoms with Gasteiger partial charge in [-0.25, -0.2) is 4.39 Å². The van der Waals surface area contributed by atoms with E-state index < -0.39 is 5.54 Å². The number of carbonyl (C=O) groups is 1. The molecule has 1 amide bonds. The zero-order valence-corrected chi connectivity index (χ0v) is 21.4. The lowest BCUT2D eigenvalue weighted by molar-refractivity contribution is -0.132. The van der Waals surface area contributed by atoms with Crippen LogP contribution in [0.5, 0.6) is 5.75 Å². The van der Waals surface area contributed by atoms with E-state index in [1.54, 1.807) is 12.1 Å². The monoisotopic (exact) mass is 506 g/mol. The smallest absolute Gasteiger partial charge is 0.256 e. The molecule has 0 atom stereocenters. The normalized spacial score (nSPS) is 17.1. The number of benzene rings is 2. The lowest BCUT2D eigenvalue weighted by Crippen LogP contribution is -2.43. The molecule has 1 spiro atoms. The Morgan fingerprint density at radius 3 is 2.65 bits per heavy atom. The van der Waals surface area contributed by atoms with E-state index in [9.17, 15) is 9.18 Å². The van der Waals surface area contributed by atoms with Gasteiger partial charge < -0.3 is 10.6 Å². The Hall–Kier alpha value is -3.75. The fourth-order valence-electron chi connectivity index (χ4n) is 5.00. The summed E-state index contributed by atoms with van der Waals surface area (Å²) in [6, 6.07) is 12.2. The second kappa shape index (κ2) is 12.0. The van der Waals surface area contributed by atoms with Crippen molar-refractivity contribution in [3.63, 3.8) is 0 Å². The number of hydrogen-bond donors (Lipinski definition) is 2. The van der Waals surface area contributed by atoms with Crippen molar-refractivity contribution in [1.29, 1.82) is 0 Å². The first-order valence-corrected chi connectivity index (χ1v) is 12.9. The molecule has 8 nitrogen and oxygen atoms in total. The number of nitrogens with two attached hydrogens (primary N) is 1. The number of rotatable bonds is 10. The Labute approximate surface area is 217 Å². The largest absolute Gasteiger partial charge is 0.486 e. The van der Waals surface area contributed by atoms with Crippen LogP contribution in [-0.2, 0) is 11.3 Å². The van der Waals surface area contributed by atoms with E-state index in [0.717, 1.165) is 56.3 Å². The number of amidine groups is 2. The highest BCUT2D eigenvalue weighted by Gasteiger charge is 2.48. The highest BCUT2D eigenvalue weighted by Crippen LogP contribution is 2.39. The van der Waals surface area contributed by atoms with Crippen LogP contribution >= 0.6 is 0 Å². The van der Waals surface area contributed by atoms with Gasteiger partial charge in [-0.05, 0) is 48.6 Å². The van der Waals surface area contributed by atoms with Crippen LogP contribution in [0.2, 0.25) is 0 Å². The van der Waals surface area contributed by atoms with Crippen LogP contribution in [0.1, 0.15) is 63.9 Å². The third-order valence-electron chi connectivity index (χ3n) is 7.02. The van der Waals surface area contributed by atoms with E-state index >= 15 is 0 Å². The molecule has 3 N–H and O–H groups in total. The van der Waals surface area contributed by atoms with Crippen molar-refractivity contribution in [1.82, 2.24) is 10.3 Å². The average Bonchev–Trinajstić information content (AvgIpc) is 3.16. The molecule has 1 aliphatic heterocycles. The molecule has 1 aliphatic carbocycles. The third-order valence-corrected chi connectivity index (χ3v) is 7.02.